The van der Waals surface area contributed by atoms with Gasteiger partial charge < -0.3 is 0 Å². The Balaban J connectivity index is 2.27. The molecule has 0 aliphatic carbocycles. The fraction of sp³-hybridized carbons (Fsp3) is 0.893. The van der Waals surface area contributed by atoms with Crippen molar-refractivity contribution < 1.29 is 4.57 Å². The Morgan fingerprint density at radius 1 is 0.567 bits per heavy atom. The first-order chi connectivity index (χ1) is 14.8. The third kappa shape index (κ3) is 13.5. The molecule has 0 unspecified atom stereocenters. The molecule has 2 nitrogen and oxygen atoms in total. The van der Waals surface area contributed by atoms with E-state index in [4.69, 9.17) is 0 Å². The third-order valence-corrected chi connectivity index (χ3v) is 6.60. The van der Waals surface area contributed by atoms with Crippen molar-refractivity contribution in [1.82, 2.24) is 4.57 Å². The van der Waals surface area contributed by atoms with Gasteiger partial charge in [0.2, 0.25) is 0 Å². The molecule has 30 heavy (non-hydrogen) atoms. The molecule has 0 amide bonds. The van der Waals surface area contributed by atoms with Gasteiger partial charge in [0, 0.05) is 6.42 Å². The topological polar surface area (TPSA) is 8.81 Å². The zero-order valence-corrected chi connectivity index (χ0v) is 21.1. The van der Waals surface area contributed by atoms with Crippen molar-refractivity contribution >= 4 is 0 Å². The maximum Gasteiger partial charge on any atom is 0.256 e. The van der Waals surface area contributed by atoms with Crippen molar-refractivity contribution in [1.29, 1.82) is 0 Å². The van der Waals surface area contributed by atoms with E-state index in [-0.39, 0.29) is 0 Å². The molecule has 0 aliphatic rings. The Hall–Kier alpha value is -0.790. The largest absolute Gasteiger partial charge is 0.256 e. The number of aryl methyl sites for hydroxylation is 2. The highest BCUT2D eigenvalue weighted by atomic mass is 15.1. The SMILES string of the molecule is CCCCCCCCCCCCC[n+]1ccn(CCCCCC)c1CCCCCC. The van der Waals surface area contributed by atoms with E-state index in [0.29, 0.717) is 0 Å². The molecule has 0 radical (unpaired) electrons. The molecule has 0 N–H and O–H groups in total. The number of hydrogen-bond acceptors (Lipinski definition) is 0. The number of aromatic nitrogens is 2. The van der Waals surface area contributed by atoms with E-state index >= 15 is 0 Å². The monoisotopic (exact) mass is 419 g/mol. The first-order valence-corrected chi connectivity index (χ1v) is 13.9. The average molecular weight is 420 g/mol. The zero-order chi connectivity index (χ0) is 21.7. The van der Waals surface area contributed by atoms with E-state index in [9.17, 15) is 0 Å². The molecule has 0 bridgehead atoms. The van der Waals surface area contributed by atoms with Crippen LogP contribution in [0.25, 0.3) is 0 Å². The molecule has 0 aliphatic heterocycles. The highest BCUT2D eigenvalue weighted by molar-refractivity contribution is 4.84. The molecule has 1 aromatic rings. The lowest BCUT2D eigenvalue weighted by molar-refractivity contribution is -0.704. The standard InChI is InChI=1S/C28H55N2/c1-4-7-10-13-14-15-16-17-18-19-22-25-30-27-26-29(24-21-12-9-6-3)28(30)23-20-11-8-5-2/h26-27H,4-25H2,1-3H3/q+1. The van der Waals surface area contributed by atoms with Gasteiger partial charge in [0.05, 0.1) is 13.1 Å². The summed E-state index contributed by atoms with van der Waals surface area (Å²) in [4.78, 5) is 0. The Kier molecular flexibility index (Phi) is 18.3. The highest BCUT2D eigenvalue weighted by Crippen LogP contribution is 2.12. The number of hydrogen-bond donors (Lipinski definition) is 0. The Bertz CT molecular complexity index is 477. The normalized spacial score (nSPS) is 11.4. The van der Waals surface area contributed by atoms with Crippen LogP contribution >= 0.6 is 0 Å². The average Bonchev–Trinajstić information content (AvgIpc) is 3.14. The summed E-state index contributed by atoms with van der Waals surface area (Å²) >= 11 is 0. The quantitative estimate of drug-likeness (QED) is 0.131. The molecule has 0 saturated heterocycles. The van der Waals surface area contributed by atoms with Gasteiger partial charge in [0.25, 0.3) is 5.82 Å². The molecular formula is C28H55N2+. The van der Waals surface area contributed by atoms with E-state index in [1.807, 2.05) is 0 Å². The fourth-order valence-corrected chi connectivity index (χ4v) is 4.56. The zero-order valence-electron chi connectivity index (χ0n) is 21.1. The predicted octanol–water partition coefficient (Wildman–Crippen LogP) is 8.79. The van der Waals surface area contributed by atoms with Crippen molar-refractivity contribution in [2.45, 2.75) is 162 Å². The fourth-order valence-electron chi connectivity index (χ4n) is 4.56. The first kappa shape index (κ1) is 27.2. The van der Waals surface area contributed by atoms with Crippen LogP contribution in [0.1, 0.15) is 149 Å². The smallest absolute Gasteiger partial charge is 0.234 e. The van der Waals surface area contributed by atoms with Crippen LogP contribution in [0.5, 0.6) is 0 Å². The van der Waals surface area contributed by atoms with Gasteiger partial charge in [0.15, 0.2) is 0 Å². The van der Waals surface area contributed by atoms with Crippen LogP contribution in [-0.4, -0.2) is 4.57 Å². The Morgan fingerprint density at radius 2 is 1.03 bits per heavy atom. The lowest BCUT2D eigenvalue weighted by Crippen LogP contribution is -2.37. The maximum atomic E-state index is 2.58. The van der Waals surface area contributed by atoms with Crippen LogP contribution in [0, 0.1) is 0 Å². The van der Waals surface area contributed by atoms with Crippen LogP contribution in [0.2, 0.25) is 0 Å². The van der Waals surface area contributed by atoms with E-state index in [1.165, 1.54) is 142 Å². The predicted molar refractivity (Wildman–Crippen MR) is 133 cm³/mol. The highest BCUT2D eigenvalue weighted by Gasteiger charge is 2.16. The van der Waals surface area contributed by atoms with Gasteiger partial charge in [-0.15, -0.1) is 0 Å². The van der Waals surface area contributed by atoms with Gasteiger partial charge in [-0.2, -0.15) is 0 Å². The van der Waals surface area contributed by atoms with Gasteiger partial charge >= 0.3 is 0 Å². The van der Waals surface area contributed by atoms with Crippen LogP contribution in [0.4, 0.5) is 0 Å². The Morgan fingerprint density at radius 3 is 1.60 bits per heavy atom. The van der Waals surface area contributed by atoms with Crippen molar-refractivity contribution in [3.05, 3.63) is 18.2 Å². The van der Waals surface area contributed by atoms with Crippen LogP contribution < -0.4 is 4.57 Å². The molecule has 0 atom stereocenters. The van der Waals surface area contributed by atoms with Gasteiger partial charge in [-0.05, 0) is 32.1 Å². The summed E-state index contributed by atoms with van der Waals surface area (Å²) in [7, 11) is 0. The number of rotatable bonds is 22. The lowest BCUT2D eigenvalue weighted by atomic mass is 10.1. The minimum absolute atomic E-state index is 1.22. The van der Waals surface area contributed by atoms with Crippen LogP contribution in [0.15, 0.2) is 12.4 Å². The van der Waals surface area contributed by atoms with Crippen LogP contribution in [-0.2, 0) is 19.5 Å². The molecule has 1 rings (SSSR count). The van der Waals surface area contributed by atoms with Gasteiger partial charge in [-0.25, -0.2) is 9.13 Å². The first-order valence-electron chi connectivity index (χ1n) is 13.9. The number of nitrogens with zero attached hydrogens (tertiary/aromatic N) is 2. The summed E-state index contributed by atoms with van der Waals surface area (Å²) in [5.41, 5.74) is 0. The molecular weight excluding hydrogens is 364 g/mol. The molecule has 1 aromatic heterocycles. The van der Waals surface area contributed by atoms with E-state index in [2.05, 4.69) is 42.3 Å². The summed E-state index contributed by atoms with van der Waals surface area (Å²) in [6.07, 6.45) is 32.6. The maximum absolute atomic E-state index is 2.58. The lowest BCUT2D eigenvalue weighted by Gasteiger charge is -2.06. The summed E-state index contributed by atoms with van der Waals surface area (Å²) in [5.74, 6) is 1.59. The van der Waals surface area contributed by atoms with Crippen LogP contribution in [0.3, 0.4) is 0 Å². The third-order valence-electron chi connectivity index (χ3n) is 6.60. The molecule has 0 saturated carbocycles. The van der Waals surface area contributed by atoms with Crippen molar-refractivity contribution in [3.8, 4) is 0 Å². The second-order valence-electron chi connectivity index (χ2n) is 9.51. The summed E-state index contributed by atoms with van der Waals surface area (Å²) < 4.78 is 5.15. The summed E-state index contributed by atoms with van der Waals surface area (Å²) in [6, 6.07) is 0. The molecule has 0 fully saturated rings. The Labute approximate surface area is 189 Å². The number of unbranched alkanes of at least 4 members (excludes halogenated alkanes) is 16. The molecule has 1 heterocycles. The van der Waals surface area contributed by atoms with Crippen molar-refractivity contribution in [2.24, 2.45) is 0 Å². The van der Waals surface area contributed by atoms with Gasteiger partial charge in [0.1, 0.15) is 12.4 Å². The molecule has 0 aromatic carbocycles. The minimum atomic E-state index is 1.22. The summed E-state index contributed by atoms with van der Waals surface area (Å²) in [6.45, 7) is 9.35. The molecule has 2 heteroatoms. The second-order valence-corrected chi connectivity index (χ2v) is 9.51. The second kappa shape index (κ2) is 20.1. The van der Waals surface area contributed by atoms with E-state index in [1.54, 1.807) is 5.82 Å². The van der Waals surface area contributed by atoms with Crippen molar-refractivity contribution in [2.75, 3.05) is 0 Å². The molecule has 176 valence electrons. The summed E-state index contributed by atoms with van der Waals surface area (Å²) in [5, 5.41) is 0. The van der Waals surface area contributed by atoms with Gasteiger partial charge in [-0.1, -0.05) is 111 Å². The number of imidazole rings is 1. The molecule has 0 spiro atoms. The van der Waals surface area contributed by atoms with E-state index in [0.717, 1.165) is 0 Å². The van der Waals surface area contributed by atoms with E-state index < -0.39 is 0 Å². The van der Waals surface area contributed by atoms with Crippen molar-refractivity contribution in [3.63, 3.8) is 0 Å². The minimum Gasteiger partial charge on any atom is -0.234 e. The van der Waals surface area contributed by atoms with Gasteiger partial charge in [-0.3, -0.25) is 0 Å².